The van der Waals surface area contributed by atoms with Gasteiger partial charge in [-0.25, -0.2) is 4.98 Å². The summed E-state index contributed by atoms with van der Waals surface area (Å²) in [5, 5.41) is 13.4. The van der Waals surface area contributed by atoms with Crippen molar-refractivity contribution in [2.75, 3.05) is 5.32 Å². The van der Waals surface area contributed by atoms with Crippen LogP contribution in [0.1, 0.15) is 5.56 Å². The highest BCUT2D eigenvalue weighted by Gasteiger charge is 2.11. The number of fused-ring (bicyclic) bond motifs is 1. The van der Waals surface area contributed by atoms with Crippen LogP contribution in [0, 0.1) is 0 Å². The SMILES string of the molecule is O=C(/C=C/c1ccc(Cl)cc1Cl)Nc1ccc2oc(-c3ccc(O)c(Br)c3)nc2c1. The first-order valence-corrected chi connectivity index (χ1v) is 10.3. The molecule has 0 aliphatic heterocycles. The minimum atomic E-state index is -0.313. The summed E-state index contributed by atoms with van der Waals surface area (Å²) in [6, 6.07) is 15.2. The van der Waals surface area contributed by atoms with Gasteiger partial charge in [-0.15, -0.1) is 0 Å². The highest BCUT2D eigenvalue weighted by atomic mass is 79.9. The second-order valence-corrected chi connectivity index (χ2v) is 8.05. The number of hydrogen-bond donors (Lipinski definition) is 2. The van der Waals surface area contributed by atoms with Gasteiger partial charge in [0, 0.05) is 27.4 Å². The zero-order valence-electron chi connectivity index (χ0n) is 15.2. The minimum absolute atomic E-state index is 0.132. The molecule has 4 aromatic rings. The highest BCUT2D eigenvalue weighted by molar-refractivity contribution is 9.10. The first kappa shape index (κ1) is 20.5. The van der Waals surface area contributed by atoms with E-state index in [0.29, 0.717) is 48.3 Å². The number of carbonyl (C=O) groups is 1. The molecule has 0 saturated carbocycles. The van der Waals surface area contributed by atoms with Gasteiger partial charge in [0.25, 0.3) is 0 Å². The zero-order valence-corrected chi connectivity index (χ0v) is 18.3. The molecule has 30 heavy (non-hydrogen) atoms. The number of nitrogens with zero attached hydrogens (tertiary/aromatic N) is 1. The summed E-state index contributed by atoms with van der Waals surface area (Å²) < 4.78 is 6.32. The van der Waals surface area contributed by atoms with Gasteiger partial charge in [-0.05, 0) is 76.1 Å². The van der Waals surface area contributed by atoms with E-state index in [2.05, 4.69) is 26.2 Å². The maximum Gasteiger partial charge on any atom is 0.248 e. The molecule has 0 unspecified atom stereocenters. The summed E-state index contributed by atoms with van der Waals surface area (Å²) in [7, 11) is 0. The number of rotatable bonds is 4. The van der Waals surface area contributed by atoms with Crippen molar-refractivity contribution in [3.63, 3.8) is 0 Å². The summed E-state index contributed by atoms with van der Waals surface area (Å²) in [5.41, 5.74) is 3.15. The normalized spacial score (nSPS) is 11.3. The van der Waals surface area contributed by atoms with Crippen LogP contribution in [0.5, 0.6) is 5.75 Å². The van der Waals surface area contributed by atoms with E-state index < -0.39 is 0 Å². The molecule has 0 aliphatic carbocycles. The monoisotopic (exact) mass is 502 g/mol. The molecule has 0 spiro atoms. The summed E-state index contributed by atoms with van der Waals surface area (Å²) >= 11 is 15.3. The van der Waals surface area contributed by atoms with Gasteiger partial charge in [0.2, 0.25) is 11.8 Å². The van der Waals surface area contributed by atoms with E-state index in [4.69, 9.17) is 27.6 Å². The standard InChI is InChI=1S/C22H13BrCl2N2O3/c23-16-9-13(2-6-19(16)28)22-27-18-11-15(5-7-20(18)30-22)26-21(29)8-3-12-1-4-14(24)10-17(12)25/h1-11,28H,(H,26,29)/b8-3+. The number of oxazole rings is 1. The van der Waals surface area contributed by atoms with Crippen LogP contribution >= 0.6 is 39.1 Å². The Morgan fingerprint density at radius 3 is 2.70 bits per heavy atom. The molecular formula is C22H13BrCl2N2O3. The Bertz CT molecular complexity index is 1300. The number of aromatic hydroxyl groups is 1. The molecule has 0 aliphatic rings. The third-order valence-corrected chi connectivity index (χ3v) is 5.42. The van der Waals surface area contributed by atoms with E-state index in [-0.39, 0.29) is 11.7 Å². The maximum atomic E-state index is 12.3. The molecule has 0 saturated heterocycles. The van der Waals surface area contributed by atoms with Crippen LogP contribution in [-0.4, -0.2) is 16.0 Å². The number of phenols is 1. The summed E-state index contributed by atoms with van der Waals surface area (Å²) in [4.78, 5) is 16.7. The number of hydrogen-bond acceptors (Lipinski definition) is 4. The van der Waals surface area contributed by atoms with Gasteiger partial charge in [0.05, 0.1) is 4.47 Å². The number of nitrogens with one attached hydrogen (secondary N) is 1. The fourth-order valence-corrected chi connectivity index (χ4v) is 3.60. The van der Waals surface area contributed by atoms with E-state index in [9.17, 15) is 9.90 Å². The first-order valence-electron chi connectivity index (χ1n) is 8.72. The van der Waals surface area contributed by atoms with E-state index in [1.54, 1.807) is 60.7 Å². The molecular weight excluding hydrogens is 491 g/mol. The third kappa shape index (κ3) is 4.51. The molecule has 1 amide bonds. The number of aromatic nitrogens is 1. The van der Waals surface area contributed by atoms with Crippen LogP contribution in [0.2, 0.25) is 10.0 Å². The Hall–Kier alpha value is -2.80. The number of amides is 1. The van der Waals surface area contributed by atoms with Gasteiger partial charge >= 0.3 is 0 Å². The predicted molar refractivity (Wildman–Crippen MR) is 123 cm³/mol. The van der Waals surface area contributed by atoms with E-state index >= 15 is 0 Å². The van der Waals surface area contributed by atoms with Crippen LogP contribution in [0.15, 0.2) is 69.6 Å². The van der Waals surface area contributed by atoms with Gasteiger partial charge in [0.15, 0.2) is 5.58 Å². The average molecular weight is 504 g/mol. The van der Waals surface area contributed by atoms with Crippen LogP contribution in [-0.2, 0) is 4.79 Å². The van der Waals surface area contributed by atoms with Crippen LogP contribution in [0.4, 0.5) is 5.69 Å². The van der Waals surface area contributed by atoms with Crippen molar-refractivity contribution in [2.24, 2.45) is 0 Å². The lowest BCUT2D eigenvalue weighted by Gasteiger charge is -2.02. The van der Waals surface area contributed by atoms with Crippen molar-refractivity contribution >= 4 is 67.9 Å². The smallest absolute Gasteiger partial charge is 0.248 e. The molecule has 1 aromatic heterocycles. The lowest BCUT2D eigenvalue weighted by Crippen LogP contribution is -2.07. The Labute approximate surface area is 190 Å². The topological polar surface area (TPSA) is 75.4 Å². The van der Waals surface area contributed by atoms with Crippen molar-refractivity contribution in [1.29, 1.82) is 0 Å². The van der Waals surface area contributed by atoms with Crippen LogP contribution in [0.3, 0.4) is 0 Å². The van der Waals surface area contributed by atoms with Crippen molar-refractivity contribution in [3.8, 4) is 17.2 Å². The molecule has 5 nitrogen and oxygen atoms in total. The Morgan fingerprint density at radius 1 is 1.10 bits per heavy atom. The quantitative estimate of drug-likeness (QED) is 0.296. The van der Waals surface area contributed by atoms with Crippen molar-refractivity contribution in [1.82, 2.24) is 4.98 Å². The van der Waals surface area contributed by atoms with Gasteiger partial charge < -0.3 is 14.8 Å². The van der Waals surface area contributed by atoms with E-state index in [1.165, 1.54) is 6.08 Å². The fraction of sp³-hybridized carbons (Fsp3) is 0. The summed E-state index contributed by atoms with van der Waals surface area (Å²) in [5.74, 6) is 0.228. The van der Waals surface area contributed by atoms with Gasteiger partial charge in [0.1, 0.15) is 11.3 Å². The van der Waals surface area contributed by atoms with Crippen molar-refractivity contribution < 1.29 is 14.3 Å². The van der Waals surface area contributed by atoms with Crippen LogP contribution < -0.4 is 5.32 Å². The molecule has 3 aromatic carbocycles. The highest BCUT2D eigenvalue weighted by Crippen LogP contribution is 2.31. The third-order valence-electron chi connectivity index (χ3n) is 4.23. The summed E-state index contributed by atoms with van der Waals surface area (Å²) in [6.07, 6.45) is 3.00. The number of phenolic OH excluding ortho intramolecular Hbond substituents is 1. The number of anilines is 1. The maximum absolute atomic E-state index is 12.3. The molecule has 4 rings (SSSR count). The average Bonchev–Trinajstić information content (AvgIpc) is 3.13. The molecule has 1 heterocycles. The number of halogens is 3. The van der Waals surface area contributed by atoms with Crippen LogP contribution in [0.25, 0.3) is 28.6 Å². The van der Waals surface area contributed by atoms with Gasteiger partial charge in [-0.3, -0.25) is 4.79 Å². The molecule has 8 heteroatoms. The molecule has 150 valence electrons. The van der Waals surface area contributed by atoms with Crippen molar-refractivity contribution in [2.45, 2.75) is 0 Å². The number of benzene rings is 3. The predicted octanol–water partition coefficient (Wildman–Crippen LogP) is 6.92. The fourth-order valence-electron chi connectivity index (χ4n) is 2.75. The van der Waals surface area contributed by atoms with E-state index in [1.807, 2.05) is 0 Å². The second kappa shape index (κ2) is 8.52. The largest absolute Gasteiger partial charge is 0.507 e. The summed E-state index contributed by atoms with van der Waals surface area (Å²) in [6.45, 7) is 0. The molecule has 0 radical (unpaired) electrons. The van der Waals surface area contributed by atoms with Crippen molar-refractivity contribution in [3.05, 3.63) is 80.8 Å². The number of carbonyl (C=O) groups excluding carboxylic acids is 1. The molecule has 0 bridgehead atoms. The zero-order chi connectivity index (χ0) is 21.3. The molecule has 0 fully saturated rings. The second-order valence-electron chi connectivity index (χ2n) is 6.36. The minimum Gasteiger partial charge on any atom is -0.507 e. The Morgan fingerprint density at radius 2 is 1.93 bits per heavy atom. The van der Waals surface area contributed by atoms with E-state index in [0.717, 1.165) is 0 Å². The van der Waals surface area contributed by atoms with Gasteiger partial charge in [-0.2, -0.15) is 0 Å². The Balaban J connectivity index is 1.52. The molecule has 2 N–H and O–H groups in total. The lowest BCUT2D eigenvalue weighted by molar-refractivity contribution is -0.111. The lowest BCUT2D eigenvalue weighted by atomic mass is 10.2. The van der Waals surface area contributed by atoms with Gasteiger partial charge in [-0.1, -0.05) is 29.3 Å². The molecule has 0 atom stereocenters. The first-order chi connectivity index (χ1) is 14.4. The Kier molecular flexibility index (Phi) is 5.81.